The van der Waals surface area contributed by atoms with E-state index < -0.39 is 5.97 Å². The quantitative estimate of drug-likeness (QED) is 0.889. The van der Waals surface area contributed by atoms with Crippen LogP contribution in [-0.4, -0.2) is 16.1 Å². The lowest BCUT2D eigenvalue weighted by molar-refractivity contribution is 0.0696. The van der Waals surface area contributed by atoms with Crippen molar-refractivity contribution >= 4 is 5.97 Å². The number of nitrogens with zero attached hydrogens (tertiary/aromatic N) is 1. The molecule has 0 fully saturated rings. The van der Waals surface area contributed by atoms with Gasteiger partial charge in [0.15, 0.2) is 0 Å². The molecule has 1 aromatic carbocycles. The second-order valence-electron chi connectivity index (χ2n) is 4.90. The van der Waals surface area contributed by atoms with Gasteiger partial charge in [-0.05, 0) is 37.0 Å². The van der Waals surface area contributed by atoms with Crippen LogP contribution in [0.1, 0.15) is 41.5 Å². The van der Waals surface area contributed by atoms with Gasteiger partial charge >= 0.3 is 5.97 Å². The van der Waals surface area contributed by atoms with Crippen molar-refractivity contribution in [3.8, 4) is 11.1 Å². The molecule has 0 bridgehead atoms. The highest BCUT2D eigenvalue weighted by Gasteiger charge is 2.17. The molecule has 0 aliphatic rings. The fraction of sp³-hybridized carbons (Fsp3) is 0.294. The molecule has 0 spiro atoms. The largest absolute Gasteiger partial charge is 0.478 e. The standard InChI is InChI=1S/C17H19NO2/c1-3-4-10-14-11-15(13-8-6-5-7-9-13)16(17(19)20)12(2)18-14/h5-9,11H,3-4,10H2,1-2H3,(H,19,20). The highest BCUT2D eigenvalue weighted by molar-refractivity contribution is 5.97. The summed E-state index contributed by atoms with van der Waals surface area (Å²) in [7, 11) is 0. The number of aryl methyl sites for hydroxylation is 2. The van der Waals surface area contributed by atoms with Crippen molar-refractivity contribution in [1.82, 2.24) is 4.98 Å². The predicted octanol–water partition coefficient (Wildman–Crippen LogP) is 4.10. The van der Waals surface area contributed by atoms with Crippen LogP contribution in [0.3, 0.4) is 0 Å². The smallest absolute Gasteiger partial charge is 0.338 e. The maximum atomic E-state index is 11.5. The van der Waals surface area contributed by atoms with Crippen LogP contribution in [0, 0.1) is 6.92 Å². The molecule has 0 saturated carbocycles. The lowest BCUT2D eigenvalue weighted by Crippen LogP contribution is -2.07. The number of carboxylic acid groups (broad SMARTS) is 1. The minimum absolute atomic E-state index is 0.302. The zero-order valence-corrected chi connectivity index (χ0v) is 11.9. The molecular formula is C17H19NO2. The zero-order chi connectivity index (χ0) is 14.5. The van der Waals surface area contributed by atoms with Crippen molar-refractivity contribution in [2.75, 3.05) is 0 Å². The van der Waals surface area contributed by atoms with Crippen LogP contribution in [0.2, 0.25) is 0 Å². The number of hydrogen-bond donors (Lipinski definition) is 1. The molecule has 0 saturated heterocycles. The molecule has 3 heteroatoms. The van der Waals surface area contributed by atoms with Crippen molar-refractivity contribution in [3.05, 3.63) is 53.3 Å². The highest BCUT2D eigenvalue weighted by atomic mass is 16.4. The van der Waals surface area contributed by atoms with E-state index >= 15 is 0 Å². The molecule has 20 heavy (non-hydrogen) atoms. The highest BCUT2D eigenvalue weighted by Crippen LogP contribution is 2.26. The maximum Gasteiger partial charge on any atom is 0.338 e. The van der Waals surface area contributed by atoms with E-state index in [9.17, 15) is 9.90 Å². The van der Waals surface area contributed by atoms with Gasteiger partial charge in [0.25, 0.3) is 0 Å². The molecule has 0 amide bonds. The fourth-order valence-corrected chi connectivity index (χ4v) is 2.34. The second kappa shape index (κ2) is 6.33. The molecule has 0 unspecified atom stereocenters. The van der Waals surface area contributed by atoms with Crippen LogP contribution in [0.25, 0.3) is 11.1 Å². The van der Waals surface area contributed by atoms with Crippen LogP contribution < -0.4 is 0 Å². The first-order valence-corrected chi connectivity index (χ1v) is 6.92. The number of pyridine rings is 1. The van der Waals surface area contributed by atoms with Gasteiger partial charge in [-0.3, -0.25) is 4.98 Å². The molecule has 0 aliphatic heterocycles. The van der Waals surface area contributed by atoms with Crippen LogP contribution >= 0.6 is 0 Å². The van der Waals surface area contributed by atoms with E-state index in [2.05, 4.69) is 11.9 Å². The van der Waals surface area contributed by atoms with Crippen molar-refractivity contribution in [2.45, 2.75) is 33.1 Å². The minimum Gasteiger partial charge on any atom is -0.478 e. The number of rotatable bonds is 5. The van der Waals surface area contributed by atoms with Gasteiger partial charge < -0.3 is 5.11 Å². The number of benzene rings is 1. The van der Waals surface area contributed by atoms with Gasteiger partial charge in [-0.2, -0.15) is 0 Å². The van der Waals surface area contributed by atoms with Crippen LogP contribution in [0.15, 0.2) is 36.4 Å². The first kappa shape index (κ1) is 14.3. The third kappa shape index (κ3) is 3.05. The third-order valence-electron chi connectivity index (χ3n) is 3.34. The predicted molar refractivity (Wildman–Crippen MR) is 80.0 cm³/mol. The lowest BCUT2D eigenvalue weighted by atomic mass is 9.97. The summed E-state index contributed by atoms with van der Waals surface area (Å²) in [5.74, 6) is -0.920. The average Bonchev–Trinajstić information content (AvgIpc) is 2.45. The minimum atomic E-state index is -0.920. The Balaban J connectivity index is 2.56. The van der Waals surface area contributed by atoms with Gasteiger partial charge in [-0.15, -0.1) is 0 Å². The Labute approximate surface area is 119 Å². The average molecular weight is 269 g/mol. The van der Waals surface area contributed by atoms with E-state index in [1.165, 1.54) is 0 Å². The molecule has 3 nitrogen and oxygen atoms in total. The molecule has 1 heterocycles. The van der Waals surface area contributed by atoms with Gasteiger partial charge in [0, 0.05) is 5.69 Å². The summed E-state index contributed by atoms with van der Waals surface area (Å²) in [6, 6.07) is 11.6. The molecular weight excluding hydrogens is 250 g/mol. The summed E-state index contributed by atoms with van der Waals surface area (Å²) in [6.07, 6.45) is 3.05. The van der Waals surface area contributed by atoms with Crippen molar-refractivity contribution in [3.63, 3.8) is 0 Å². The van der Waals surface area contributed by atoms with E-state index in [0.29, 0.717) is 11.3 Å². The third-order valence-corrected chi connectivity index (χ3v) is 3.34. The van der Waals surface area contributed by atoms with E-state index in [4.69, 9.17) is 0 Å². The van der Waals surface area contributed by atoms with Crippen LogP contribution in [0.4, 0.5) is 0 Å². The summed E-state index contributed by atoms with van der Waals surface area (Å²) >= 11 is 0. The Morgan fingerprint density at radius 1 is 1.25 bits per heavy atom. The number of aromatic nitrogens is 1. The van der Waals surface area contributed by atoms with Crippen LogP contribution in [-0.2, 0) is 6.42 Å². The summed E-state index contributed by atoms with van der Waals surface area (Å²) < 4.78 is 0. The van der Waals surface area contributed by atoms with Gasteiger partial charge in [0.2, 0.25) is 0 Å². The molecule has 2 aromatic rings. The Morgan fingerprint density at radius 2 is 1.95 bits per heavy atom. The number of carboxylic acids is 1. The number of carbonyl (C=O) groups is 1. The zero-order valence-electron chi connectivity index (χ0n) is 11.9. The van der Waals surface area contributed by atoms with Crippen molar-refractivity contribution < 1.29 is 9.90 Å². The van der Waals surface area contributed by atoms with E-state index in [1.807, 2.05) is 36.4 Å². The molecule has 104 valence electrons. The first-order chi connectivity index (χ1) is 9.63. The molecule has 1 N–H and O–H groups in total. The summed E-state index contributed by atoms with van der Waals surface area (Å²) in [4.78, 5) is 15.9. The normalized spacial score (nSPS) is 10.5. The van der Waals surface area contributed by atoms with E-state index in [-0.39, 0.29) is 0 Å². The van der Waals surface area contributed by atoms with Crippen LogP contribution in [0.5, 0.6) is 0 Å². The summed E-state index contributed by atoms with van der Waals surface area (Å²) in [5.41, 5.74) is 3.54. The Bertz CT molecular complexity index is 606. The first-order valence-electron chi connectivity index (χ1n) is 6.92. The number of unbranched alkanes of at least 4 members (excludes halogenated alkanes) is 1. The van der Waals surface area contributed by atoms with E-state index in [0.717, 1.165) is 36.1 Å². The van der Waals surface area contributed by atoms with Crippen molar-refractivity contribution in [1.29, 1.82) is 0 Å². The Hall–Kier alpha value is -2.16. The molecule has 0 aliphatic carbocycles. The second-order valence-corrected chi connectivity index (χ2v) is 4.90. The topological polar surface area (TPSA) is 50.2 Å². The Morgan fingerprint density at radius 3 is 2.55 bits per heavy atom. The van der Waals surface area contributed by atoms with Gasteiger partial charge in [-0.1, -0.05) is 43.7 Å². The number of hydrogen-bond acceptors (Lipinski definition) is 2. The van der Waals surface area contributed by atoms with Gasteiger partial charge in [0.05, 0.1) is 11.3 Å². The van der Waals surface area contributed by atoms with Crippen molar-refractivity contribution in [2.24, 2.45) is 0 Å². The Kier molecular flexibility index (Phi) is 4.51. The fourth-order valence-electron chi connectivity index (χ4n) is 2.34. The summed E-state index contributed by atoms with van der Waals surface area (Å²) in [6.45, 7) is 3.90. The van der Waals surface area contributed by atoms with Gasteiger partial charge in [0.1, 0.15) is 0 Å². The maximum absolute atomic E-state index is 11.5. The van der Waals surface area contributed by atoms with Gasteiger partial charge in [-0.25, -0.2) is 4.79 Å². The SMILES string of the molecule is CCCCc1cc(-c2ccccc2)c(C(=O)O)c(C)n1. The molecule has 0 radical (unpaired) electrons. The molecule has 2 rings (SSSR count). The monoisotopic (exact) mass is 269 g/mol. The lowest BCUT2D eigenvalue weighted by Gasteiger charge is -2.11. The molecule has 0 atom stereocenters. The number of aromatic carboxylic acids is 1. The summed E-state index contributed by atoms with van der Waals surface area (Å²) in [5, 5.41) is 9.43. The molecule has 1 aromatic heterocycles. The van der Waals surface area contributed by atoms with E-state index in [1.54, 1.807) is 6.92 Å².